The molecule has 1 aliphatic heterocycles. The number of likely N-dealkylation sites (tertiary alicyclic amines) is 1. The molecule has 3 aromatic rings. The van der Waals surface area contributed by atoms with Crippen molar-refractivity contribution in [2.75, 3.05) is 13.1 Å². The molecular weight excluding hydrogens is 363 g/mol. The van der Waals surface area contributed by atoms with Crippen LogP contribution in [0.5, 0.6) is 5.75 Å². The molecule has 0 unspecified atom stereocenters. The molecule has 1 saturated heterocycles. The molecule has 4 rings (SSSR count). The third-order valence-corrected chi connectivity index (χ3v) is 6.15. The van der Waals surface area contributed by atoms with Gasteiger partial charge in [0.25, 0.3) is 5.91 Å². The normalized spacial score (nSPS) is 16.4. The fourth-order valence-corrected chi connectivity index (χ4v) is 4.59. The fraction of sp³-hybridized carbons (Fsp3) is 0.333. The molecule has 0 radical (unpaired) electrons. The summed E-state index contributed by atoms with van der Waals surface area (Å²) in [5, 5.41) is 1.15. The Morgan fingerprint density at radius 2 is 1.89 bits per heavy atom. The number of hydrogen-bond donors (Lipinski definition) is 0. The lowest BCUT2D eigenvalue weighted by Crippen LogP contribution is -2.44. The van der Waals surface area contributed by atoms with E-state index in [1.54, 1.807) is 36.5 Å². The Kier molecular flexibility index (Phi) is 5.07. The van der Waals surface area contributed by atoms with Crippen LogP contribution >= 0.6 is 11.3 Å². The van der Waals surface area contributed by atoms with Crippen molar-refractivity contribution in [3.05, 3.63) is 59.4 Å². The van der Waals surface area contributed by atoms with E-state index in [1.165, 1.54) is 10.8 Å². The molecule has 27 heavy (non-hydrogen) atoms. The van der Waals surface area contributed by atoms with Crippen LogP contribution in [-0.4, -0.2) is 35.0 Å². The van der Waals surface area contributed by atoms with Crippen molar-refractivity contribution in [1.29, 1.82) is 0 Å². The number of nitrogens with zero attached hydrogens (tertiary/aromatic N) is 2. The molecule has 0 N–H and O–H groups in total. The predicted octanol–water partition coefficient (Wildman–Crippen LogP) is 4.61. The Morgan fingerprint density at radius 1 is 1.19 bits per heavy atom. The van der Waals surface area contributed by atoms with Gasteiger partial charge in [0.2, 0.25) is 0 Å². The van der Waals surface area contributed by atoms with Crippen LogP contribution in [0.25, 0.3) is 10.2 Å². The summed E-state index contributed by atoms with van der Waals surface area (Å²) >= 11 is 1.74. The number of benzene rings is 2. The molecule has 140 valence electrons. The second-order valence-corrected chi connectivity index (χ2v) is 7.87. The standard InChI is InChI=1S/C21H21FN2O2S/c1-14(26-18-8-4-2-6-16(18)22)21(25)24-12-10-15(11-13-24)20-23-17-7-3-5-9-19(17)27-20/h2-9,14-15H,10-13H2,1H3/t14-/m1/s1. The highest BCUT2D eigenvalue weighted by Gasteiger charge is 2.29. The summed E-state index contributed by atoms with van der Waals surface area (Å²) in [4.78, 5) is 19.2. The molecule has 0 spiro atoms. The van der Waals surface area contributed by atoms with Crippen molar-refractivity contribution in [2.45, 2.75) is 31.8 Å². The first-order chi connectivity index (χ1) is 13.1. The summed E-state index contributed by atoms with van der Waals surface area (Å²) in [7, 11) is 0. The molecule has 1 aromatic heterocycles. The SMILES string of the molecule is C[C@@H](Oc1ccccc1F)C(=O)N1CCC(c2nc3ccccc3s2)CC1. The number of hydrogen-bond acceptors (Lipinski definition) is 4. The van der Waals surface area contributed by atoms with Crippen molar-refractivity contribution < 1.29 is 13.9 Å². The van der Waals surface area contributed by atoms with E-state index >= 15 is 0 Å². The Hall–Kier alpha value is -2.47. The van der Waals surface area contributed by atoms with E-state index in [0.717, 1.165) is 23.4 Å². The summed E-state index contributed by atoms with van der Waals surface area (Å²) in [5.41, 5.74) is 1.04. The molecule has 1 fully saturated rings. The van der Waals surface area contributed by atoms with Gasteiger partial charge in [0.05, 0.1) is 15.2 Å². The number of amides is 1. The largest absolute Gasteiger partial charge is 0.478 e. The Balaban J connectivity index is 1.36. The Morgan fingerprint density at radius 3 is 2.63 bits per heavy atom. The Bertz CT molecular complexity index is 917. The van der Waals surface area contributed by atoms with Crippen LogP contribution in [0.15, 0.2) is 48.5 Å². The van der Waals surface area contributed by atoms with Crippen LogP contribution in [-0.2, 0) is 4.79 Å². The molecule has 2 heterocycles. The summed E-state index contributed by atoms with van der Waals surface area (Å²) in [6, 6.07) is 14.3. The number of para-hydroxylation sites is 2. The van der Waals surface area contributed by atoms with Gasteiger partial charge in [-0.2, -0.15) is 0 Å². The van der Waals surface area contributed by atoms with Crippen molar-refractivity contribution in [3.63, 3.8) is 0 Å². The number of rotatable bonds is 4. The number of aromatic nitrogens is 1. The fourth-order valence-electron chi connectivity index (χ4n) is 3.45. The van der Waals surface area contributed by atoms with Crippen LogP contribution in [0, 0.1) is 5.82 Å². The van der Waals surface area contributed by atoms with E-state index in [4.69, 9.17) is 9.72 Å². The number of ether oxygens (including phenoxy) is 1. The minimum absolute atomic E-state index is 0.0963. The first-order valence-corrected chi connectivity index (χ1v) is 9.99. The van der Waals surface area contributed by atoms with Crippen molar-refractivity contribution in [2.24, 2.45) is 0 Å². The lowest BCUT2D eigenvalue weighted by atomic mass is 9.97. The van der Waals surface area contributed by atoms with Gasteiger partial charge in [-0.25, -0.2) is 9.37 Å². The number of fused-ring (bicyclic) bond motifs is 1. The van der Waals surface area contributed by atoms with Gasteiger partial charge in [-0.3, -0.25) is 4.79 Å². The van der Waals surface area contributed by atoms with Crippen LogP contribution in [0.1, 0.15) is 30.7 Å². The first-order valence-electron chi connectivity index (χ1n) is 9.17. The summed E-state index contributed by atoms with van der Waals surface area (Å²) in [5.74, 6) is -0.0512. The molecule has 1 aliphatic rings. The molecule has 2 aromatic carbocycles. The molecule has 0 aliphatic carbocycles. The van der Waals surface area contributed by atoms with Gasteiger partial charge in [-0.1, -0.05) is 24.3 Å². The number of carbonyl (C=O) groups excluding carboxylic acids is 1. The lowest BCUT2D eigenvalue weighted by Gasteiger charge is -2.32. The number of carbonyl (C=O) groups is 1. The van der Waals surface area contributed by atoms with Gasteiger partial charge in [0, 0.05) is 19.0 Å². The van der Waals surface area contributed by atoms with Crippen LogP contribution in [0.2, 0.25) is 0 Å². The van der Waals surface area contributed by atoms with E-state index in [1.807, 2.05) is 23.1 Å². The van der Waals surface area contributed by atoms with Gasteiger partial charge in [0.15, 0.2) is 17.7 Å². The van der Waals surface area contributed by atoms with Crippen LogP contribution in [0.3, 0.4) is 0 Å². The minimum atomic E-state index is -0.707. The zero-order chi connectivity index (χ0) is 18.8. The zero-order valence-electron chi connectivity index (χ0n) is 15.1. The zero-order valence-corrected chi connectivity index (χ0v) is 15.9. The third-order valence-electron chi connectivity index (χ3n) is 4.95. The maximum absolute atomic E-state index is 13.7. The van der Waals surface area contributed by atoms with Gasteiger partial charge < -0.3 is 9.64 Å². The van der Waals surface area contributed by atoms with Gasteiger partial charge in [-0.15, -0.1) is 11.3 Å². The third kappa shape index (κ3) is 3.81. The topological polar surface area (TPSA) is 42.4 Å². The monoisotopic (exact) mass is 384 g/mol. The predicted molar refractivity (Wildman–Crippen MR) is 105 cm³/mol. The molecule has 0 saturated carbocycles. The first kappa shape index (κ1) is 17.9. The summed E-state index contributed by atoms with van der Waals surface area (Å²) in [6.07, 6.45) is 1.07. The van der Waals surface area contributed by atoms with Crippen LogP contribution in [0.4, 0.5) is 4.39 Å². The van der Waals surface area contributed by atoms with Gasteiger partial charge in [0.1, 0.15) is 0 Å². The van der Waals surface area contributed by atoms with Crippen molar-refractivity contribution >= 4 is 27.5 Å². The number of halogens is 1. The molecule has 1 atom stereocenters. The van der Waals surface area contributed by atoms with E-state index in [9.17, 15) is 9.18 Å². The second-order valence-electron chi connectivity index (χ2n) is 6.81. The second kappa shape index (κ2) is 7.64. The van der Waals surface area contributed by atoms with Crippen LogP contribution < -0.4 is 4.74 Å². The van der Waals surface area contributed by atoms with E-state index < -0.39 is 11.9 Å². The van der Waals surface area contributed by atoms with Crippen molar-refractivity contribution in [1.82, 2.24) is 9.88 Å². The van der Waals surface area contributed by atoms with E-state index in [-0.39, 0.29) is 11.7 Å². The molecular formula is C21H21FN2O2S. The molecule has 1 amide bonds. The maximum Gasteiger partial charge on any atom is 0.263 e. The minimum Gasteiger partial charge on any atom is -0.478 e. The highest BCUT2D eigenvalue weighted by Crippen LogP contribution is 2.34. The number of thiazole rings is 1. The highest BCUT2D eigenvalue weighted by molar-refractivity contribution is 7.18. The van der Waals surface area contributed by atoms with Gasteiger partial charge in [-0.05, 0) is 44.0 Å². The lowest BCUT2D eigenvalue weighted by molar-refractivity contribution is -0.139. The molecule has 4 nitrogen and oxygen atoms in total. The molecule has 6 heteroatoms. The number of piperidine rings is 1. The average Bonchev–Trinajstić information content (AvgIpc) is 3.13. The quantitative estimate of drug-likeness (QED) is 0.660. The summed E-state index contributed by atoms with van der Waals surface area (Å²) in [6.45, 7) is 3.02. The average molecular weight is 384 g/mol. The van der Waals surface area contributed by atoms with E-state index in [0.29, 0.717) is 19.0 Å². The molecule has 0 bridgehead atoms. The maximum atomic E-state index is 13.7. The smallest absolute Gasteiger partial charge is 0.263 e. The van der Waals surface area contributed by atoms with Crippen molar-refractivity contribution in [3.8, 4) is 5.75 Å². The Labute approximate surface area is 161 Å². The van der Waals surface area contributed by atoms with Gasteiger partial charge >= 0.3 is 0 Å². The van der Waals surface area contributed by atoms with E-state index in [2.05, 4.69) is 6.07 Å². The highest BCUT2D eigenvalue weighted by atomic mass is 32.1. The summed E-state index contributed by atoms with van der Waals surface area (Å²) < 4.78 is 20.5.